The van der Waals surface area contributed by atoms with E-state index in [0.717, 1.165) is 24.6 Å². The van der Waals surface area contributed by atoms with Crippen LogP contribution in [-0.4, -0.2) is 49.0 Å². The zero-order valence-corrected chi connectivity index (χ0v) is 13.2. The Bertz CT molecular complexity index is 696. The topological polar surface area (TPSA) is 89.9 Å². The largest absolute Gasteiger partial charge is 0.339 e. The molecule has 8 heteroatoms. The lowest BCUT2D eigenvalue weighted by Gasteiger charge is -2.30. The summed E-state index contributed by atoms with van der Waals surface area (Å²) in [6.45, 7) is 1.38. The van der Waals surface area contributed by atoms with Gasteiger partial charge in [0.1, 0.15) is 5.69 Å². The number of nitrogens with zero attached hydrogens (tertiary/aromatic N) is 6. The number of hydrogen-bond acceptors (Lipinski definition) is 6. The molecule has 122 valence electrons. The molecule has 1 aliphatic carbocycles. The van der Waals surface area contributed by atoms with Gasteiger partial charge in [-0.05, 0) is 25.7 Å². The van der Waals surface area contributed by atoms with E-state index in [4.69, 9.17) is 4.52 Å². The van der Waals surface area contributed by atoms with Crippen molar-refractivity contribution >= 4 is 5.91 Å². The highest BCUT2D eigenvalue weighted by Gasteiger charge is 2.31. The average Bonchev–Trinajstić information content (AvgIpc) is 3.14. The number of aromatic nitrogens is 5. The molecular weight excluding hydrogens is 296 g/mol. The summed E-state index contributed by atoms with van der Waals surface area (Å²) >= 11 is 0. The van der Waals surface area contributed by atoms with Crippen LogP contribution in [0, 0.1) is 0 Å². The van der Waals surface area contributed by atoms with Gasteiger partial charge in [-0.1, -0.05) is 16.8 Å². The van der Waals surface area contributed by atoms with E-state index in [-0.39, 0.29) is 11.8 Å². The molecule has 0 N–H and O–H groups in total. The van der Waals surface area contributed by atoms with Crippen LogP contribution in [0.5, 0.6) is 0 Å². The Morgan fingerprint density at radius 3 is 2.61 bits per heavy atom. The van der Waals surface area contributed by atoms with Gasteiger partial charge < -0.3 is 9.42 Å². The van der Waals surface area contributed by atoms with Gasteiger partial charge >= 0.3 is 0 Å². The fourth-order valence-electron chi connectivity index (χ4n) is 3.22. The van der Waals surface area contributed by atoms with Crippen LogP contribution < -0.4 is 0 Å². The Kier molecular flexibility index (Phi) is 3.59. The predicted octanol–water partition coefficient (Wildman–Crippen LogP) is 1.49. The molecule has 0 atom stereocenters. The minimum absolute atomic E-state index is 0.0170. The van der Waals surface area contributed by atoms with Gasteiger partial charge in [-0.25, -0.2) is 4.68 Å². The van der Waals surface area contributed by atoms with Crippen molar-refractivity contribution < 1.29 is 9.32 Å². The number of amides is 1. The van der Waals surface area contributed by atoms with Crippen molar-refractivity contribution in [3.05, 3.63) is 23.6 Å². The summed E-state index contributed by atoms with van der Waals surface area (Å²) in [4.78, 5) is 18.9. The van der Waals surface area contributed by atoms with Crippen LogP contribution in [-0.2, 0) is 7.05 Å². The Hall–Kier alpha value is -2.25. The molecule has 2 aromatic heterocycles. The van der Waals surface area contributed by atoms with Crippen molar-refractivity contribution in [1.29, 1.82) is 0 Å². The first kappa shape index (κ1) is 14.3. The maximum atomic E-state index is 12.4. The van der Waals surface area contributed by atoms with Gasteiger partial charge in [0, 0.05) is 32.0 Å². The van der Waals surface area contributed by atoms with E-state index in [1.807, 2.05) is 4.90 Å². The van der Waals surface area contributed by atoms with Gasteiger partial charge in [-0.2, -0.15) is 4.98 Å². The Labute approximate surface area is 133 Å². The van der Waals surface area contributed by atoms with Crippen LogP contribution in [0.2, 0.25) is 0 Å². The number of carbonyl (C=O) groups is 1. The first-order chi connectivity index (χ1) is 11.2. The molecular formula is C15H20N6O2. The maximum Gasteiger partial charge on any atom is 0.273 e. The van der Waals surface area contributed by atoms with Gasteiger partial charge in [0.25, 0.3) is 5.91 Å². The van der Waals surface area contributed by atoms with Crippen LogP contribution in [0.25, 0.3) is 0 Å². The van der Waals surface area contributed by atoms with Crippen LogP contribution in [0.3, 0.4) is 0 Å². The monoisotopic (exact) mass is 316 g/mol. The normalized spacial score (nSPS) is 19.8. The summed E-state index contributed by atoms with van der Waals surface area (Å²) in [5, 5.41) is 11.7. The summed E-state index contributed by atoms with van der Waals surface area (Å²) in [7, 11) is 1.73. The summed E-state index contributed by atoms with van der Waals surface area (Å²) in [5.41, 5.74) is 0.522. The highest BCUT2D eigenvalue weighted by Crippen LogP contribution is 2.36. The minimum atomic E-state index is -0.0170. The van der Waals surface area contributed by atoms with Gasteiger partial charge in [0.15, 0.2) is 5.82 Å². The lowest BCUT2D eigenvalue weighted by molar-refractivity contribution is 0.0693. The van der Waals surface area contributed by atoms with Gasteiger partial charge in [-0.15, -0.1) is 5.10 Å². The summed E-state index contributed by atoms with van der Waals surface area (Å²) in [6, 6.07) is 0. The molecule has 1 saturated heterocycles. The molecule has 23 heavy (non-hydrogen) atoms. The highest BCUT2D eigenvalue weighted by atomic mass is 16.5. The molecule has 2 fully saturated rings. The van der Waals surface area contributed by atoms with Crippen molar-refractivity contribution in [2.45, 2.75) is 43.9 Å². The van der Waals surface area contributed by atoms with Crippen molar-refractivity contribution in [3.8, 4) is 0 Å². The van der Waals surface area contributed by atoms with Gasteiger partial charge in [0.05, 0.1) is 6.20 Å². The summed E-state index contributed by atoms with van der Waals surface area (Å²) in [5.74, 6) is 2.33. The van der Waals surface area contributed by atoms with E-state index in [1.165, 1.54) is 30.1 Å². The standard InChI is InChI=1S/C15H20N6O2/c1-20-12(9-16-19-20)15(22)21-7-5-11(6-8-21)14-17-13(18-23-14)10-3-2-4-10/h9-11H,2-8H2,1H3. The van der Waals surface area contributed by atoms with Crippen LogP contribution in [0.15, 0.2) is 10.7 Å². The lowest BCUT2D eigenvalue weighted by Crippen LogP contribution is -2.38. The van der Waals surface area contributed by atoms with Gasteiger partial charge in [0.2, 0.25) is 5.89 Å². The van der Waals surface area contributed by atoms with E-state index in [2.05, 4.69) is 20.5 Å². The molecule has 0 unspecified atom stereocenters. The smallest absolute Gasteiger partial charge is 0.273 e. The third kappa shape index (κ3) is 2.62. The van der Waals surface area contributed by atoms with Crippen molar-refractivity contribution in [3.63, 3.8) is 0 Å². The molecule has 0 spiro atoms. The summed E-state index contributed by atoms with van der Waals surface area (Å²) < 4.78 is 6.97. The molecule has 0 aromatic carbocycles. The maximum absolute atomic E-state index is 12.4. The second kappa shape index (κ2) is 5.75. The highest BCUT2D eigenvalue weighted by molar-refractivity contribution is 5.92. The number of likely N-dealkylation sites (tertiary alicyclic amines) is 1. The third-order valence-electron chi connectivity index (χ3n) is 4.99. The molecule has 1 amide bonds. The summed E-state index contributed by atoms with van der Waals surface area (Å²) in [6.07, 6.45) is 6.82. The minimum Gasteiger partial charge on any atom is -0.339 e. The molecule has 4 rings (SSSR count). The fraction of sp³-hybridized carbons (Fsp3) is 0.667. The molecule has 2 aromatic rings. The molecule has 2 aliphatic rings. The van der Waals surface area contributed by atoms with E-state index in [0.29, 0.717) is 24.7 Å². The second-order valence-electron chi connectivity index (χ2n) is 6.43. The fourth-order valence-corrected chi connectivity index (χ4v) is 3.22. The van der Waals surface area contributed by atoms with Crippen LogP contribution >= 0.6 is 0 Å². The van der Waals surface area contributed by atoms with Crippen LogP contribution in [0.1, 0.15) is 66.1 Å². The first-order valence-electron chi connectivity index (χ1n) is 8.20. The molecule has 8 nitrogen and oxygen atoms in total. The van der Waals surface area contributed by atoms with E-state index < -0.39 is 0 Å². The Balaban J connectivity index is 1.38. The quantitative estimate of drug-likeness (QED) is 0.852. The second-order valence-corrected chi connectivity index (χ2v) is 6.43. The number of carbonyl (C=O) groups excluding carboxylic acids is 1. The molecule has 3 heterocycles. The number of rotatable bonds is 3. The number of hydrogen-bond donors (Lipinski definition) is 0. The molecule has 0 bridgehead atoms. The van der Waals surface area contributed by atoms with Crippen molar-refractivity contribution in [1.82, 2.24) is 30.0 Å². The van der Waals surface area contributed by atoms with Crippen molar-refractivity contribution in [2.24, 2.45) is 7.05 Å². The average molecular weight is 316 g/mol. The van der Waals surface area contributed by atoms with E-state index in [1.54, 1.807) is 7.05 Å². The lowest BCUT2D eigenvalue weighted by atomic mass is 9.85. The first-order valence-corrected chi connectivity index (χ1v) is 8.20. The number of piperidine rings is 1. The zero-order valence-electron chi connectivity index (χ0n) is 13.2. The third-order valence-corrected chi connectivity index (χ3v) is 4.99. The number of aryl methyl sites for hydroxylation is 1. The van der Waals surface area contributed by atoms with E-state index in [9.17, 15) is 4.79 Å². The molecule has 1 saturated carbocycles. The Morgan fingerprint density at radius 1 is 1.22 bits per heavy atom. The van der Waals surface area contributed by atoms with E-state index >= 15 is 0 Å². The Morgan fingerprint density at radius 2 is 2.00 bits per heavy atom. The SMILES string of the molecule is Cn1nncc1C(=O)N1CCC(c2nc(C3CCC3)no2)CC1. The van der Waals surface area contributed by atoms with Crippen molar-refractivity contribution in [2.75, 3.05) is 13.1 Å². The molecule has 0 radical (unpaired) electrons. The van der Waals surface area contributed by atoms with Gasteiger partial charge in [-0.3, -0.25) is 4.79 Å². The zero-order chi connectivity index (χ0) is 15.8. The van der Waals surface area contributed by atoms with Crippen LogP contribution in [0.4, 0.5) is 0 Å². The predicted molar refractivity (Wildman–Crippen MR) is 79.8 cm³/mol. The molecule has 1 aliphatic heterocycles.